The molecule has 0 spiro atoms. The monoisotopic (exact) mass is 620 g/mol. The van der Waals surface area contributed by atoms with E-state index < -0.39 is 34.4 Å². The third-order valence-corrected chi connectivity index (χ3v) is 8.48. The van der Waals surface area contributed by atoms with E-state index >= 15 is 0 Å². The molecule has 2 aliphatic rings. The second kappa shape index (κ2) is 12.8. The van der Waals surface area contributed by atoms with Crippen molar-refractivity contribution in [1.82, 2.24) is 15.1 Å². The van der Waals surface area contributed by atoms with Crippen LogP contribution in [0.25, 0.3) is 10.9 Å². The third kappa shape index (κ3) is 7.44. The number of carbonyl (C=O) groups excluding carboxylic acids is 1. The highest BCUT2D eigenvalue weighted by atomic mass is 19.1. The Bertz CT molecular complexity index is 1800. The molecule has 3 N–H and O–H groups in total. The molecule has 0 aliphatic carbocycles. The Kier molecular flexibility index (Phi) is 9.04. The van der Waals surface area contributed by atoms with E-state index in [1.807, 2.05) is 13.1 Å². The molecule has 0 saturated carbocycles. The van der Waals surface area contributed by atoms with E-state index in [9.17, 15) is 13.6 Å². The molecule has 2 saturated heterocycles. The lowest BCUT2D eigenvalue weighted by atomic mass is 9.52. The van der Waals surface area contributed by atoms with Crippen molar-refractivity contribution < 1.29 is 18.3 Å². The third-order valence-electron chi connectivity index (χ3n) is 8.48. The first-order valence-corrected chi connectivity index (χ1v) is 15.2. The molecule has 8 nitrogen and oxygen atoms in total. The molecule has 3 heterocycles. The molecule has 1 amide bonds. The molecule has 2 aliphatic heterocycles. The highest BCUT2D eigenvalue weighted by Gasteiger charge is 2.38. The van der Waals surface area contributed by atoms with Gasteiger partial charge in [-0.25, -0.2) is 8.78 Å². The van der Waals surface area contributed by atoms with Crippen LogP contribution in [0.1, 0.15) is 34.3 Å². The summed E-state index contributed by atoms with van der Waals surface area (Å²) in [5.41, 5.74) is 3.50. The Morgan fingerprint density at radius 2 is 1.64 bits per heavy atom. The van der Waals surface area contributed by atoms with Gasteiger partial charge in [-0.15, -0.1) is 0 Å². The van der Waals surface area contributed by atoms with Crippen LogP contribution in [0.3, 0.4) is 0 Å². The highest BCUT2D eigenvalue weighted by molar-refractivity contribution is 6.47. The fraction of sp³-hybridized carbons (Fsp3) is 0.355. The van der Waals surface area contributed by atoms with Crippen molar-refractivity contribution in [3.8, 4) is 0 Å². The summed E-state index contributed by atoms with van der Waals surface area (Å²) in [4.78, 5) is 18.3. The fourth-order valence-corrected chi connectivity index (χ4v) is 6.41. The molecule has 47 heavy (non-hydrogen) atoms. The largest absolute Gasteiger partial charge is 0.407 e. The number of piperazine rings is 1. The van der Waals surface area contributed by atoms with Crippen LogP contribution >= 0.6 is 0 Å². The molecule has 2 fully saturated rings. The molecule has 16 heteroatoms. The Labute approximate surface area is 280 Å². The Morgan fingerprint density at radius 3 is 2.30 bits per heavy atom. The van der Waals surface area contributed by atoms with Gasteiger partial charge in [-0.2, -0.15) is 5.10 Å². The Hall–Kier alpha value is -3.63. The molecule has 226 valence electrons. The topological polar surface area (TPSA) is 85.5 Å². The number of amides is 1. The van der Waals surface area contributed by atoms with Gasteiger partial charge in [0.15, 0.2) is 5.82 Å². The van der Waals surface area contributed by atoms with Gasteiger partial charge in [0.05, 0.1) is 42.5 Å². The molecule has 1 aromatic heterocycles. The van der Waals surface area contributed by atoms with Gasteiger partial charge >= 0.3 is 0 Å². The second-order valence-electron chi connectivity index (χ2n) is 12.6. The molecule has 0 bridgehead atoms. The summed E-state index contributed by atoms with van der Waals surface area (Å²) in [5.74, 6) is -1.63. The van der Waals surface area contributed by atoms with Gasteiger partial charge in [0.1, 0.15) is 27.3 Å². The first-order chi connectivity index (χ1) is 22.2. The predicted molar refractivity (Wildman–Crippen MR) is 186 cm³/mol. The number of hydrogen-bond acceptors (Lipinski definition) is 6. The number of rotatable bonds is 7. The summed E-state index contributed by atoms with van der Waals surface area (Å²) in [7, 11) is 39.8. The average molecular weight is 619 g/mol. The molecule has 12 radical (unpaired) electrons. The number of nitrogens with one attached hydrogen (secondary N) is 3. The maximum Gasteiger partial charge on any atom is 0.258 e. The quantitative estimate of drug-likeness (QED) is 0.263. The lowest BCUT2D eigenvalue weighted by Crippen LogP contribution is -2.57. The number of fused-ring (bicyclic) bond motifs is 1. The van der Waals surface area contributed by atoms with Crippen LogP contribution in [0.5, 0.6) is 0 Å². The lowest BCUT2D eigenvalue weighted by molar-refractivity contribution is -0.0184. The van der Waals surface area contributed by atoms with Crippen LogP contribution in [0, 0.1) is 11.6 Å². The number of benzene rings is 3. The summed E-state index contributed by atoms with van der Waals surface area (Å²) in [5, 5.41) is 10.7. The van der Waals surface area contributed by atoms with Crippen molar-refractivity contribution in [3.63, 3.8) is 0 Å². The van der Waals surface area contributed by atoms with Gasteiger partial charge in [-0.05, 0) is 72.5 Å². The summed E-state index contributed by atoms with van der Waals surface area (Å²) < 4.78 is 33.0. The normalized spacial score (nSPS) is 18.3. The molecule has 3 aromatic carbocycles. The Balaban J connectivity index is 1.34. The van der Waals surface area contributed by atoms with E-state index in [1.165, 1.54) is 12.1 Å². The summed E-state index contributed by atoms with van der Waals surface area (Å²) in [6.07, 6.45) is 0.483. The van der Waals surface area contributed by atoms with Crippen molar-refractivity contribution in [1.29, 1.82) is 0 Å². The zero-order valence-corrected chi connectivity index (χ0v) is 25.9. The van der Waals surface area contributed by atoms with Crippen molar-refractivity contribution in [3.05, 3.63) is 70.8 Å². The molecular formula is C31H28B6F2N6O2. The number of hydrogen-bond donors (Lipinski definition) is 3. The standard InChI is InChI=1S/C31H28B6F2N6O2/c1-44-4-6-45(7-5-44)27-23(32)13-22(26(25(27)33)40-20-14-30(34,35)47-31(36,37)15-20)29(46)41-28-21-11-16(2-3-24(21)42-43-28)8-17-9-18(38)12-19(39)10-17/h2-3,9-13,20,40H,4-8,14-15H2,1H3,(H2,41,42,43,46). The minimum atomic E-state index is -1.63. The maximum absolute atomic E-state index is 14.0. The van der Waals surface area contributed by atoms with Gasteiger partial charge < -0.3 is 25.2 Å². The smallest absolute Gasteiger partial charge is 0.258 e. The van der Waals surface area contributed by atoms with Crippen molar-refractivity contribution in [2.24, 2.45) is 0 Å². The number of nitrogens with zero attached hydrogens (tertiary/aromatic N) is 3. The average Bonchev–Trinajstić information content (AvgIpc) is 3.35. The number of halogens is 2. The molecule has 4 aromatic rings. The van der Waals surface area contributed by atoms with Gasteiger partial charge in [-0.1, -0.05) is 23.1 Å². The summed E-state index contributed by atoms with van der Waals surface area (Å²) >= 11 is 0. The van der Waals surface area contributed by atoms with E-state index in [1.54, 1.807) is 18.2 Å². The Morgan fingerprint density at radius 1 is 0.979 bits per heavy atom. The number of H-pyrrole nitrogens is 1. The van der Waals surface area contributed by atoms with Crippen molar-refractivity contribution >= 4 is 92.0 Å². The van der Waals surface area contributed by atoms with Gasteiger partial charge in [0.25, 0.3) is 5.91 Å². The molecule has 6 rings (SSSR count). The van der Waals surface area contributed by atoms with Crippen LogP contribution in [0.2, 0.25) is 0 Å². The van der Waals surface area contributed by atoms with Gasteiger partial charge in [0.2, 0.25) is 0 Å². The lowest BCUT2D eigenvalue weighted by Gasteiger charge is -2.48. The number of likely N-dealkylation sites (N-methyl/N-ethyl adjacent to an activating group) is 1. The van der Waals surface area contributed by atoms with Crippen LogP contribution < -0.4 is 26.5 Å². The zero-order chi connectivity index (χ0) is 33.7. The number of ether oxygens (including phenoxy) is 1. The second-order valence-corrected chi connectivity index (χ2v) is 12.6. The van der Waals surface area contributed by atoms with E-state index in [0.717, 1.165) is 24.7 Å². The van der Waals surface area contributed by atoms with E-state index in [-0.39, 0.29) is 36.1 Å². The summed E-state index contributed by atoms with van der Waals surface area (Å²) in [6.45, 7) is 2.97. The van der Waals surface area contributed by atoms with E-state index in [0.29, 0.717) is 46.4 Å². The first kappa shape index (κ1) is 33.3. The molecule has 0 atom stereocenters. The maximum atomic E-state index is 14.0. The first-order valence-electron chi connectivity index (χ1n) is 15.2. The predicted octanol–water partition coefficient (Wildman–Crippen LogP) is 0.596. The van der Waals surface area contributed by atoms with Crippen LogP contribution in [-0.2, 0) is 11.2 Å². The number of anilines is 3. The number of aromatic amines is 1. The van der Waals surface area contributed by atoms with Crippen molar-refractivity contribution in [2.45, 2.75) is 36.1 Å². The highest BCUT2D eigenvalue weighted by Crippen LogP contribution is 2.32. The number of aromatic nitrogens is 2. The van der Waals surface area contributed by atoms with Gasteiger partial charge in [-0.3, -0.25) is 9.89 Å². The van der Waals surface area contributed by atoms with Crippen molar-refractivity contribution in [2.75, 3.05) is 48.8 Å². The minimum absolute atomic E-state index is 0.111. The number of carbonyl (C=O) groups is 1. The minimum Gasteiger partial charge on any atom is -0.407 e. The molecular weight excluding hydrogens is 591 g/mol. The summed E-state index contributed by atoms with van der Waals surface area (Å²) in [6, 6.07) is 9.80. The van der Waals surface area contributed by atoms with Crippen LogP contribution in [0.4, 0.5) is 26.0 Å². The zero-order valence-electron chi connectivity index (χ0n) is 25.9. The van der Waals surface area contributed by atoms with Crippen LogP contribution in [-0.4, -0.2) is 118 Å². The van der Waals surface area contributed by atoms with E-state index in [4.69, 9.17) is 51.8 Å². The molecule has 0 unspecified atom stereocenters. The van der Waals surface area contributed by atoms with E-state index in [2.05, 4.69) is 30.6 Å². The van der Waals surface area contributed by atoms with Crippen LogP contribution in [0.15, 0.2) is 42.5 Å². The van der Waals surface area contributed by atoms with Gasteiger partial charge in [0, 0.05) is 55.0 Å². The SMILES string of the molecule is [B]c1cc(C(=O)Nc2n[nH]c3ccc(Cc4cc(F)cc(F)c4)cc23)c(NC2CC([B])([B])OC([B])([B])C2)c([B])c1N1CCN(C)CC1. The fourth-order valence-electron chi connectivity index (χ4n) is 6.41.